The van der Waals surface area contributed by atoms with E-state index < -0.39 is 0 Å². The molecule has 6 heteroatoms. The zero-order valence-electron chi connectivity index (χ0n) is 10.4. The van der Waals surface area contributed by atoms with Crippen LogP contribution in [0.5, 0.6) is 17.2 Å². The summed E-state index contributed by atoms with van der Waals surface area (Å²) >= 11 is 5.18. The molecule has 0 aliphatic rings. The van der Waals surface area contributed by atoms with Gasteiger partial charge >= 0.3 is 0 Å². The van der Waals surface area contributed by atoms with Crippen LogP contribution in [-0.2, 0) is 0 Å². The fourth-order valence-corrected chi connectivity index (χ4v) is 1.96. The largest absolute Gasteiger partial charge is 0.493 e. The van der Waals surface area contributed by atoms with Crippen LogP contribution in [0.3, 0.4) is 0 Å². The summed E-state index contributed by atoms with van der Waals surface area (Å²) in [5.41, 5.74) is 0.843. The molecule has 0 aliphatic carbocycles. The summed E-state index contributed by atoms with van der Waals surface area (Å²) in [6.45, 7) is 0. The average Bonchev–Trinajstić information content (AvgIpc) is 2.83. The third-order valence-electron chi connectivity index (χ3n) is 2.58. The molecule has 0 saturated heterocycles. The first-order chi connectivity index (χ1) is 8.71. The Morgan fingerprint density at radius 1 is 1.06 bits per heavy atom. The molecule has 1 aromatic carbocycles. The van der Waals surface area contributed by atoms with E-state index in [1.165, 1.54) is 0 Å². The number of aromatic amines is 1. The first kappa shape index (κ1) is 12.5. The van der Waals surface area contributed by atoms with E-state index in [2.05, 4.69) is 4.98 Å². The highest BCUT2D eigenvalue weighted by atomic mass is 32.1. The summed E-state index contributed by atoms with van der Waals surface area (Å²) in [4.78, 5) is 2.94. The van der Waals surface area contributed by atoms with Crippen LogP contribution in [0.15, 0.2) is 24.5 Å². The number of hydrogen-bond acceptors (Lipinski definition) is 4. The van der Waals surface area contributed by atoms with Crippen molar-refractivity contribution in [3.8, 4) is 22.9 Å². The van der Waals surface area contributed by atoms with Crippen molar-refractivity contribution in [3.63, 3.8) is 0 Å². The van der Waals surface area contributed by atoms with Crippen molar-refractivity contribution in [3.05, 3.63) is 29.3 Å². The van der Waals surface area contributed by atoms with Gasteiger partial charge in [-0.05, 0) is 12.2 Å². The van der Waals surface area contributed by atoms with E-state index in [-0.39, 0.29) is 0 Å². The van der Waals surface area contributed by atoms with E-state index in [1.807, 2.05) is 22.9 Å². The van der Waals surface area contributed by atoms with Gasteiger partial charge in [-0.25, -0.2) is 0 Å². The quantitative estimate of drug-likeness (QED) is 0.864. The number of ether oxygens (including phenoxy) is 3. The summed E-state index contributed by atoms with van der Waals surface area (Å²) in [6, 6.07) is 3.68. The van der Waals surface area contributed by atoms with E-state index in [0.29, 0.717) is 22.0 Å². The number of methoxy groups -OCH3 is 3. The van der Waals surface area contributed by atoms with Crippen LogP contribution in [0, 0.1) is 4.77 Å². The molecular weight excluding hydrogens is 252 g/mol. The van der Waals surface area contributed by atoms with Crippen LogP contribution in [0.4, 0.5) is 0 Å². The molecule has 0 atom stereocenters. The highest BCUT2D eigenvalue weighted by Gasteiger charge is 2.14. The summed E-state index contributed by atoms with van der Waals surface area (Å²) in [6.07, 6.45) is 3.61. The Balaban J connectivity index is 2.64. The molecule has 1 aromatic heterocycles. The fraction of sp³-hybridized carbons (Fsp3) is 0.250. The second kappa shape index (κ2) is 5.14. The molecule has 96 valence electrons. The summed E-state index contributed by atoms with van der Waals surface area (Å²) in [5.74, 6) is 1.75. The first-order valence-electron chi connectivity index (χ1n) is 5.27. The van der Waals surface area contributed by atoms with Gasteiger partial charge in [-0.15, -0.1) is 0 Å². The van der Waals surface area contributed by atoms with E-state index in [0.717, 1.165) is 5.69 Å². The van der Waals surface area contributed by atoms with Gasteiger partial charge in [0.15, 0.2) is 16.3 Å². The highest BCUT2D eigenvalue weighted by molar-refractivity contribution is 7.71. The monoisotopic (exact) mass is 266 g/mol. The number of H-pyrrole nitrogens is 1. The molecule has 0 unspecified atom stereocenters. The number of imidazole rings is 1. The van der Waals surface area contributed by atoms with Crippen LogP contribution in [0.25, 0.3) is 5.69 Å². The molecule has 1 heterocycles. The number of nitrogens with one attached hydrogen (secondary N) is 1. The zero-order valence-corrected chi connectivity index (χ0v) is 11.2. The van der Waals surface area contributed by atoms with Crippen LogP contribution in [0.2, 0.25) is 0 Å². The SMILES string of the molecule is COc1cc(-n2cc[nH]c2=S)cc(OC)c1OC. The molecule has 2 rings (SSSR count). The molecule has 0 saturated carbocycles. The van der Waals surface area contributed by atoms with Gasteiger partial charge in [0.25, 0.3) is 0 Å². The van der Waals surface area contributed by atoms with Gasteiger partial charge in [0.1, 0.15) is 0 Å². The first-order valence-corrected chi connectivity index (χ1v) is 5.68. The van der Waals surface area contributed by atoms with Gasteiger partial charge < -0.3 is 19.2 Å². The van der Waals surface area contributed by atoms with E-state index >= 15 is 0 Å². The maximum atomic E-state index is 5.29. The van der Waals surface area contributed by atoms with Gasteiger partial charge in [0.2, 0.25) is 5.75 Å². The number of benzene rings is 1. The molecule has 0 fully saturated rings. The molecule has 18 heavy (non-hydrogen) atoms. The lowest BCUT2D eigenvalue weighted by Crippen LogP contribution is -1.99. The van der Waals surface area contributed by atoms with Crippen LogP contribution in [0.1, 0.15) is 0 Å². The van der Waals surface area contributed by atoms with Crippen molar-refractivity contribution in [1.29, 1.82) is 0 Å². The lowest BCUT2D eigenvalue weighted by molar-refractivity contribution is 0.324. The van der Waals surface area contributed by atoms with Gasteiger partial charge in [0, 0.05) is 24.5 Å². The van der Waals surface area contributed by atoms with Crippen molar-refractivity contribution in [2.75, 3.05) is 21.3 Å². The Hall–Kier alpha value is -1.95. The van der Waals surface area contributed by atoms with E-state index in [9.17, 15) is 0 Å². The highest BCUT2D eigenvalue weighted by Crippen LogP contribution is 2.39. The second-order valence-electron chi connectivity index (χ2n) is 3.52. The van der Waals surface area contributed by atoms with Gasteiger partial charge in [-0.2, -0.15) is 0 Å². The number of hydrogen-bond donors (Lipinski definition) is 1. The normalized spacial score (nSPS) is 10.2. The van der Waals surface area contributed by atoms with Crippen LogP contribution in [-0.4, -0.2) is 30.9 Å². The average molecular weight is 266 g/mol. The van der Waals surface area contributed by atoms with E-state index in [1.54, 1.807) is 27.5 Å². The minimum absolute atomic E-state index is 0.561. The van der Waals surface area contributed by atoms with Gasteiger partial charge in [-0.1, -0.05) is 0 Å². The summed E-state index contributed by atoms with van der Waals surface area (Å²) < 4.78 is 18.3. The lowest BCUT2D eigenvalue weighted by atomic mass is 10.2. The Kier molecular flexibility index (Phi) is 3.57. The molecule has 0 radical (unpaired) electrons. The Bertz CT molecular complexity index is 578. The van der Waals surface area contributed by atoms with E-state index in [4.69, 9.17) is 26.4 Å². The minimum Gasteiger partial charge on any atom is -0.493 e. The van der Waals surface area contributed by atoms with Crippen LogP contribution < -0.4 is 14.2 Å². The molecule has 0 amide bonds. The zero-order chi connectivity index (χ0) is 13.1. The van der Waals surface area contributed by atoms with Crippen molar-refractivity contribution >= 4 is 12.2 Å². The van der Waals surface area contributed by atoms with Crippen molar-refractivity contribution in [1.82, 2.24) is 9.55 Å². The third-order valence-corrected chi connectivity index (χ3v) is 2.89. The predicted molar refractivity (Wildman–Crippen MR) is 70.6 cm³/mol. The van der Waals surface area contributed by atoms with Gasteiger partial charge in [0.05, 0.1) is 27.0 Å². The number of aromatic nitrogens is 2. The molecule has 0 aliphatic heterocycles. The number of rotatable bonds is 4. The predicted octanol–water partition coefficient (Wildman–Crippen LogP) is 2.56. The van der Waals surface area contributed by atoms with Gasteiger partial charge in [-0.3, -0.25) is 4.57 Å². The number of nitrogens with zero attached hydrogens (tertiary/aromatic N) is 1. The Morgan fingerprint density at radius 2 is 1.67 bits per heavy atom. The Morgan fingerprint density at radius 3 is 2.06 bits per heavy atom. The Labute approximate surface area is 110 Å². The molecule has 5 nitrogen and oxygen atoms in total. The van der Waals surface area contributed by atoms with Crippen molar-refractivity contribution in [2.24, 2.45) is 0 Å². The summed E-state index contributed by atoms with van der Waals surface area (Å²) in [5, 5.41) is 0. The molecule has 1 N–H and O–H groups in total. The summed E-state index contributed by atoms with van der Waals surface area (Å²) in [7, 11) is 4.73. The standard InChI is InChI=1S/C12H14N2O3S/c1-15-9-6-8(14-5-4-13-12(14)18)7-10(16-2)11(9)17-3/h4-7H,1-3H3,(H,13,18). The van der Waals surface area contributed by atoms with Crippen molar-refractivity contribution in [2.45, 2.75) is 0 Å². The maximum absolute atomic E-state index is 5.29. The molecular formula is C12H14N2O3S. The molecule has 0 spiro atoms. The topological polar surface area (TPSA) is 48.4 Å². The molecule has 2 aromatic rings. The lowest BCUT2D eigenvalue weighted by Gasteiger charge is -2.14. The molecule has 0 bridgehead atoms. The van der Waals surface area contributed by atoms with Crippen molar-refractivity contribution < 1.29 is 14.2 Å². The smallest absolute Gasteiger partial charge is 0.203 e. The minimum atomic E-state index is 0.561. The third kappa shape index (κ3) is 2.06. The maximum Gasteiger partial charge on any atom is 0.203 e. The second-order valence-corrected chi connectivity index (χ2v) is 3.91. The van der Waals surface area contributed by atoms with Crippen LogP contribution >= 0.6 is 12.2 Å². The fourth-order valence-electron chi connectivity index (χ4n) is 1.73.